The minimum atomic E-state index is 0.275. The number of hydrogen-bond acceptors (Lipinski definition) is 4. The number of nitrogens with one attached hydrogen (secondary N) is 1. The van der Waals surface area contributed by atoms with E-state index in [9.17, 15) is 0 Å². The van der Waals surface area contributed by atoms with E-state index >= 15 is 0 Å². The fourth-order valence-corrected chi connectivity index (χ4v) is 3.33. The van der Waals surface area contributed by atoms with Crippen LogP contribution < -0.4 is 5.32 Å². The summed E-state index contributed by atoms with van der Waals surface area (Å²) in [4.78, 5) is 9.79. The maximum atomic E-state index is 6.36. The van der Waals surface area contributed by atoms with E-state index in [-0.39, 0.29) is 6.04 Å². The Morgan fingerprint density at radius 2 is 1.90 bits per heavy atom. The number of benzene rings is 1. The highest BCUT2D eigenvalue weighted by Crippen LogP contribution is 2.37. The molecule has 0 atom stereocenters. The summed E-state index contributed by atoms with van der Waals surface area (Å²) in [7, 11) is 0. The second-order valence-electron chi connectivity index (χ2n) is 4.83. The van der Waals surface area contributed by atoms with Crippen LogP contribution in [-0.4, -0.2) is 16.0 Å². The predicted octanol–water partition coefficient (Wildman–Crippen LogP) is 4.83. The highest BCUT2D eigenvalue weighted by Gasteiger charge is 2.14. The van der Waals surface area contributed by atoms with Crippen LogP contribution in [0.4, 0.5) is 5.95 Å². The average Bonchev–Trinajstić information content (AvgIpc) is 2.83. The first-order valence-corrected chi connectivity index (χ1v) is 7.67. The van der Waals surface area contributed by atoms with Gasteiger partial charge < -0.3 is 5.32 Å². The lowest BCUT2D eigenvalue weighted by atomic mass is 10.1. The highest BCUT2D eigenvalue weighted by atomic mass is 35.5. The summed E-state index contributed by atoms with van der Waals surface area (Å²) < 4.78 is 0. The Labute approximate surface area is 126 Å². The number of halogens is 1. The van der Waals surface area contributed by atoms with Crippen LogP contribution in [0, 0.1) is 0 Å². The van der Waals surface area contributed by atoms with Gasteiger partial charge in [-0.05, 0) is 19.4 Å². The molecule has 0 saturated heterocycles. The van der Waals surface area contributed by atoms with E-state index in [1.165, 1.54) is 0 Å². The zero-order valence-electron chi connectivity index (χ0n) is 11.2. The van der Waals surface area contributed by atoms with Crippen LogP contribution in [0.2, 0.25) is 5.15 Å². The Kier molecular flexibility index (Phi) is 3.59. The van der Waals surface area contributed by atoms with E-state index in [1.54, 1.807) is 11.3 Å². The van der Waals surface area contributed by atoms with Gasteiger partial charge in [0.1, 0.15) is 9.98 Å². The molecule has 3 nitrogen and oxygen atoms in total. The maximum Gasteiger partial charge on any atom is 0.225 e. The zero-order valence-corrected chi connectivity index (χ0v) is 12.8. The number of fused-ring (bicyclic) bond motifs is 1. The molecule has 20 heavy (non-hydrogen) atoms. The van der Waals surface area contributed by atoms with Crippen LogP contribution >= 0.6 is 22.9 Å². The molecule has 0 aliphatic carbocycles. The third-order valence-electron chi connectivity index (χ3n) is 2.89. The highest BCUT2D eigenvalue weighted by molar-refractivity contribution is 7.17. The lowest BCUT2D eigenvalue weighted by Crippen LogP contribution is -2.12. The topological polar surface area (TPSA) is 37.8 Å². The molecule has 1 N–H and O–H groups in total. The Bertz CT molecular complexity index is 737. The van der Waals surface area contributed by atoms with Crippen LogP contribution in [-0.2, 0) is 0 Å². The average molecular weight is 304 g/mol. The van der Waals surface area contributed by atoms with Crippen molar-refractivity contribution in [1.29, 1.82) is 0 Å². The number of hydrogen-bond donors (Lipinski definition) is 1. The molecule has 0 amide bonds. The first-order valence-electron chi connectivity index (χ1n) is 6.42. The summed E-state index contributed by atoms with van der Waals surface area (Å²) in [6, 6.07) is 10.4. The minimum absolute atomic E-state index is 0.275. The molecule has 1 aromatic carbocycles. The van der Waals surface area contributed by atoms with Crippen molar-refractivity contribution in [1.82, 2.24) is 9.97 Å². The third kappa shape index (κ3) is 2.49. The second kappa shape index (κ2) is 5.38. The van der Waals surface area contributed by atoms with Crippen molar-refractivity contribution in [3.63, 3.8) is 0 Å². The summed E-state index contributed by atoms with van der Waals surface area (Å²) in [6.45, 7) is 4.09. The molecule has 0 saturated carbocycles. The molecule has 0 aliphatic heterocycles. The normalized spacial score (nSPS) is 11.2. The molecule has 0 aliphatic rings. The van der Waals surface area contributed by atoms with Crippen molar-refractivity contribution in [2.24, 2.45) is 0 Å². The van der Waals surface area contributed by atoms with E-state index in [0.717, 1.165) is 21.3 Å². The SMILES string of the molecule is CC(C)Nc1nc(Cl)c2c(-c3ccccc3)csc2n1. The second-order valence-corrected chi connectivity index (χ2v) is 6.05. The monoisotopic (exact) mass is 303 g/mol. The number of aromatic nitrogens is 2. The molecule has 102 valence electrons. The van der Waals surface area contributed by atoms with Gasteiger partial charge in [0.2, 0.25) is 5.95 Å². The number of rotatable bonds is 3. The maximum absolute atomic E-state index is 6.36. The van der Waals surface area contributed by atoms with E-state index < -0.39 is 0 Å². The van der Waals surface area contributed by atoms with Gasteiger partial charge in [-0.2, -0.15) is 0 Å². The molecule has 5 heteroatoms. The van der Waals surface area contributed by atoms with Gasteiger partial charge in [0, 0.05) is 17.0 Å². The molecule has 0 fully saturated rings. The summed E-state index contributed by atoms with van der Waals surface area (Å²) in [5.41, 5.74) is 2.22. The Hall–Kier alpha value is -1.65. The largest absolute Gasteiger partial charge is 0.352 e. The molecular formula is C15H14ClN3S. The third-order valence-corrected chi connectivity index (χ3v) is 4.04. The van der Waals surface area contributed by atoms with Gasteiger partial charge >= 0.3 is 0 Å². The van der Waals surface area contributed by atoms with E-state index in [1.807, 2.05) is 32.0 Å². The van der Waals surface area contributed by atoms with Crippen molar-refractivity contribution >= 4 is 39.1 Å². The molecule has 0 bridgehead atoms. The standard InChI is InChI=1S/C15H14ClN3S/c1-9(2)17-15-18-13(16)12-11(8-20-14(12)19-15)10-6-4-3-5-7-10/h3-9H,1-2H3,(H,17,18,19). The van der Waals surface area contributed by atoms with Gasteiger partial charge in [0.05, 0.1) is 5.39 Å². The van der Waals surface area contributed by atoms with E-state index in [4.69, 9.17) is 11.6 Å². The van der Waals surface area contributed by atoms with Crippen molar-refractivity contribution in [2.75, 3.05) is 5.32 Å². The first kappa shape index (κ1) is 13.3. The van der Waals surface area contributed by atoms with Gasteiger partial charge in [0.25, 0.3) is 0 Å². The molecule has 3 rings (SSSR count). The van der Waals surface area contributed by atoms with Crippen LogP contribution in [0.3, 0.4) is 0 Å². The fraction of sp³-hybridized carbons (Fsp3) is 0.200. The van der Waals surface area contributed by atoms with Gasteiger partial charge in [0.15, 0.2) is 0 Å². The van der Waals surface area contributed by atoms with Crippen LogP contribution in [0.5, 0.6) is 0 Å². The van der Waals surface area contributed by atoms with Crippen LogP contribution in [0.1, 0.15) is 13.8 Å². The zero-order chi connectivity index (χ0) is 14.1. The molecule has 0 spiro atoms. The van der Waals surface area contributed by atoms with Gasteiger partial charge in [-0.15, -0.1) is 11.3 Å². The lowest BCUT2D eigenvalue weighted by molar-refractivity contribution is 0.878. The van der Waals surface area contributed by atoms with Crippen LogP contribution in [0.25, 0.3) is 21.3 Å². The van der Waals surface area contributed by atoms with E-state index in [0.29, 0.717) is 11.1 Å². The summed E-state index contributed by atoms with van der Waals surface area (Å²) >= 11 is 7.95. The van der Waals surface area contributed by atoms with Crippen molar-refractivity contribution in [3.8, 4) is 11.1 Å². The van der Waals surface area contributed by atoms with Gasteiger partial charge in [-0.3, -0.25) is 0 Å². The minimum Gasteiger partial charge on any atom is -0.352 e. The van der Waals surface area contributed by atoms with Gasteiger partial charge in [-0.1, -0.05) is 41.9 Å². The van der Waals surface area contributed by atoms with Gasteiger partial charge in [-0.25, -0.2) is 9.97 Å². The first-order chi connectivity index (χ1) is 9.65. The number of nitrogens with zero attached hydrogens (tertiary/aromatic N) is 2. The van der Waals surface area contributed by atoms with Crippen LogP contribution in [0.15, 0.2) is 35.7 Å². The van der Waals surface area contributed by atoms with Crippen molar-refractivity contribution in [2.45, 2.75) is 19.9 Å². The Balaban J connectivity index is 2.14. The lowest BCUT2D eigenvalue weighted by Gasteiger charge is -2.08. The van der Waals surface area contributed by atoms with Crippen molar-refractivity contribution in [3.05, 3.63) is 40.9 Å². The number of thiophene rings is 1. The summed E-state index contributed by atoms with van der Waals surface area (Å²) in [6.07, 6.45) is 0. The smallest absolute Gasteiger partial charge is 0.225 e. The van der Waals surface area contributed by atoms with E-state index in [2.05, 4.69) is 32.8 Å². The Morgan fingerprint density at radius 1 is 1.15 bits per heavy atom. The molecular weight excluding hydrogens is 290 g/mol. The predicted molar refractivity (Wildman–Crippen MR) is 86.6 cm³/mol. The molecule has 3 aromatic rings. The van der Waals surface area contributed by atoms with Crippen molar-refractivity contribution < 1.29 is 0 Å². The quantitative estimate of drug-likeness (QED) is 0.704. The molecule has 0 unspecified atom stereocenters. The summed E-state index contributed by atoms with van der Waals surface area (Å²) in [5, 5.41) is 6.70. The molecule has 2 aromatic heterocycles. The molecule has 0 radical (unpaired) electrons. The Morgan fingerprint density at radius 3 is 2.60 bits per heavy atom. The summed E-state index contributed by atoms with van der Waals surface area (Å²) in [5.74, 6) is 0.582. The fourth-order valence-electron chi connectivity index (χ4n) is 2.05. The number of anilines is 1. The molecule has 2 heterocycles.